The summed E-state index contributed by atoms with van der Waals surface area (Å²) in [5.74, 6) is 4.76. The molecule has 1 aromatic heterocycles. The highest BCUT2D eigenvalue weighted by Crippen LogP contribution is 2.72. The van der Waals surface area contributed by atoms with Crippen molar-refractivity contribution in [2.24, 2.45) is 29.6 Å². The third-order valence-corrected chi connectivity index (χ3v) is 6.51. The number of hydrogen-bond acceptors (Lipinski definition) is 2. The van der Waals surface area contributed by atoms with E-state index in [-0.39, 0.29) is 0 Å². The average Bonchev–Trinajstić information content (AvgIpc) is 2.81. The molecule has 2 bridgehead atoms. The first-order chi connectivity index (χ1) is 10.3. The summed E-state index contributed by atoms with van der Waals surface area (Å²) >= 11 is 6.49. The number of rotatable bonds is 6. The molecular formula is C17H26ClN3. The standard InChI is InChI=1S/C17H26ClN3/c1-3-7-19-16(17-12(18)9-20-21(17)4-2)15-13-10-5-6-11(8-10)14(13)15/h9-11,13-16,19H,3-8H2,1-2H3. The second kappa shape index (κ2) is 5.27. The smallest absolute Gasteiger partial charge is 0.0834 e. The molecule has 0 saturated heterocycles. The van der Waals surface area contributed by atoms with Crippen LogP contribution in [0.2, 0.25) is 5.02 Å². The molecule has 4 rings (SSSR count). The first kappa shape index (κ1) is 14.1. The lowest BCUT2D eigenvalue weighted by Crippen LogP contribution is -2.29. The van der Waals surface area contributed by atoms with E-state index in [0.29, 0.717) is 6.04 Å². The van der Waals surface area contributed by atoms with E-state index in [1.165, 1.54) is 31.4 Å². The van der Waals surface area contributed by atoms with Gasteiger partial charge >= 0.3 is 0 Å². The van der Waals surface area contributed by atoms with Crippen LogP contribution in [0.4, 0.5) is 0 Å². The summed E-state index contributed by atoms with van der Waals surface area (Å²) in [5.41, 5.74) is 1.24. The number of fused-ring (bicyclic) bond motifs is 5. The zero-order valence-corrected chi connectivity index (χ0v) is 13.8. The Kier molecular flexibility index (Phi) is 3.54. The fourth-order valence-corrected chi connectivity index (χ4v) is 5.75. The normalized spacial score (nSPS) is 37.8. The lowest BCUT2D eigenvalue weighted by Gasteiger charge is -2.23. The van der Waals surface area contributed by atoms with Crippen molar-refractivity contribution < 1.29 is 0 Å². The minimum Gasteiger partial charge on any atom is -0.308 e. The van der Waals surface area contributed by atoms with Crippen molar-refractivity contribution in [1.82, 2.24) is 15.1 Å². The van der Waals surface area contributed by atoms with Crippen molar-refractivity contribution in [2.45, 2.75) is 52.1 Å². The number of nitrogens with one attached hydrogen (secondary N) is 1. The van der Waals surface area contributed by atoms with Crippen LogP contribution in [0.15, 0.2) is 6.20 Å². The predicted octanol–water partition coefficient (Wildman–Crippen LogP) is 3.89. The number of hydrogen-bond donors (Lipinski definition) is 1. The summed E-state index contributed by atoms with van der Waals surface area (Å²) in [6.45, 7) is 6.36. The Morgan fingerprint density at radius 1 is 1.33 bits per heavy atom. The average molecular weight is 308 g/mol. The topological polar surface area (TPSA) is 29.9 Å². The molecule has 0 radical (unpaired) electrons. The summed E-state index contributed by atoms with van der Waals surface area (Å²) in [5, 5.41) is 9.12. The Labute approximate surface area is 132 Å². The molecule has 5 atom stereocenters. The second-order valence-corrected chi connectivity index (χ2v) is 7.60. The van der Waals surface area contributed by atoms with Gasteiger partial charge in [0.15, 0.2) is 0 Å². The van der Waals surface area contributed by atoms with E-state index in [1.807, 2.05) is 6.20 Å². The van der Waals surface area contributed by atoms with Gasteiger partial charge < -0.3 is 5.32 Å². The maximum Gasteiger partial charge on any atom is 0.0834 e. The SMILES string of the molecule is CCCNC(c1c(Cl)cnn1CC)C1C2C3CCC(C3)C21. The molecule has 0 aliphatic heterocycles. The van der Waals surface area contributed by atoms with E-state index >= 15 is 0 Å². The van der Waals surface area contributed by atoms with Crippen molar-refractivity contribution in [3.05, 3.63) is 16.9 Å². The molecule has 0 spiro atoms. The van der Waals surface area contributed by atoms with Crippen molar-refractivity contribution in [2.75, 3.05) is 6.54 Å². The molecule has 116 valence electrons. The molecule has 3 nitrogen and oxygen atoms in total. The Hall–Kier alpha value is -0.540. The molecule has 3 aliphatic rings. The Morgan fingerprint density at radius 2 is 2.05 bits per heavy atom. The van der Waals surface area contributed by atoms with Crippen LogP contribution in [0.5, 0.6) is 0 Å². The molecule has 1 aromatic rings. The van der Waals surface area contributed by atoms with Crippen LogP contribution in [-0.2, 0) is 6.54 Å². The highest BCUT2D eigenvalue weighted by atomic mass is 35.5. The number of aryl methyl sites for hydroxylation is 1. The van der Waals surface area contributed by atoms with Gasteiger partial charge in [-0.2, -0.15) is 5.10 Å². The predicted molar refractivity (Wildman–Crippen MR) is 85.2 cm³/mol. The largest absolute Gasteiger partial charge is 0.308 e. The molecule has 3 fully saturated rings. The Bertz CT molecular complexity index is 510. The van der Waals surface area contributed by atoms with Gasteiger partial charge in [-0.1, -0.05) is 18.5 Å². The molecule has 0 amide bonds. The third kappa shape index (κ3) is 2.08. The van der Waals surface area contributed by atoms with E-state index < -0.39 is 0 Å². The molecule has 5 unspecified atom stereocenters. The molecular weight excluding hydrogens is 282 g/mol. The molecule has 21 heavy (non-hydrogen) atoms. The monoisotopic (exact) mass is 307 g/mol. The van der Waals surface area contributed by atoms with Gasteiger partial charge in [0.2, 0.25) is 0 Å². The Balaban J connectivity index is 1.62. The maximum atomic E-state index is 6.49. The van der Waals surface area contributed by atoms with E-state index in [1.54, 1.807) is 0 Å². The molecule has 1 N–H and O–H groups in total. The van der Waals surface area contributed by atoms with E-state index in [2.05, 4.69) is 28.9 Å². The van der Waals surface area contributed by atoms with Gasteiger partial charge in [-0.05, 0) is 68.7 Å². The summed E-state index contributed by atoms with van der Waals surface area (Å²) in [6, 6.07) is 0.415. The van der Waals surface area contributed by atoms with Crippen molar-refractivity contribution >= 4 is 11.6 Å². The van der Waals surface area contributed by atoms with Crippen LogP contribution < -0.4 is 5.32 Å². The van der Waals surface area contributed by atoms with Crippen LogP contribution in [0.3, 0.4) is 0 Å². The molecule has 3 saturated carbocycles. The van der Waals surface area contributed by atoms with Crippen LogP contribution in [0.1, 0.15) is 51.3 Å². The summed E-state index contributed by atoms with van der Waals surface area (Å²) in [4.78, 5) is 0. The van der Waals surface area contributed by atoms with Gasteiger partial charge in [0.05, 0.1) is 23.0 Å². The maximum absolute atomic E-state index is 6.49. The second-order valence-electron chi connectivity index (χ2n) is 7.19. The van der Waals surface area contributed by atoms with Gasteiger partial charge in [0, 0.05) is 6.54 Å². The van der Waals surface area contributed by atoms with Gasteiger partial charge in [-0.15, -0.1) is 0 Å². The molecule has 0 aromatic carbocycles. The van der Waals surface area contributed by atoms with Crippen molar-refractivity contribution in [3.63, 3.8) is 0 Å². The first-order valence-electron chi connectivity index (χ1n) is 8.70. The van der Waals surface area contributed by atoms with Crippen LogP contribution in [0.25, 0.3) is 0 Å². The third-order valence-electron chi connectivity index (χ3n) is 6.22. The van der Waals surface area contributed by atoms with E-state index in [0.717, 1.165) is 47.7 Å². The van der Waals surface area contributed by atoms with Crippen molar-refractivity contribution in [3.8, 4) is 0 Å². The van der Waals surface area contributed by atoms with Crippen LogP contribution in [0, 0.1) is 29.6 Å². The minimum atomic E-state index is 0.415. The lowest BCUT2D eigenvalue weighted by molar-refractivity contribution is 0.353. The van der Waals surface area contributed by atoms with Crippen LogP contribution in [-0.4, -0.2) is 16.3 Å². The summed E-state index contributed by atoms with van der Waals surface area (Å²) < 4.78 is 2.10. The zero-order valence-electron chi connectivity index (χ0n) is 13.1. The van der Waals surface area contributed by atoms with E-state index in [4.69, 9.17) is 11.6 Å². The fourth-order valence-electron chi connectivity index (χ4n) is 5.49. The summed E-state index contributed by atoms with van der Waals surface area (Å²) in [7, 11) is 0. The van der Waals surface area contributed by atoms with Gasteiger partial charge in [-0.25, -0.2) is 0 Å². The fraction of sp³-hybridized carbons (Fsp3) is 0.824. The first-order valence-corrected chi connectivity index (χ1v) is 9.08. The Morgan fingerprint density at radius 3 is 2.67 bits per heavy atom. The highest BCUT2D eigenvalue weighted by molar-refractivity contribution is 6.31. The number of aromatic nitrogens is 2. The summed E-state index contributed by atoms with van der Waals surface area (Å²) in [6.07, 6.45) is 7.46. The molecule has 3 aliphatic carbocycles. The van der Waals surface area contributed by atoms with Crippen molar-refractivity contribution in [1.29, 1.82) is 0 Å². The highest BCUT2D eigenvalue weighted by Gasteiger charge is 2.67. The van der Waals surface area contributed by atoms with Gasteiger partial charge in [0.25, 0.3) is 0 Å². The quantitative estimate of drug-likeness (QED) is 0.864. The number of nitrogens with zero attached hydrogens (tertiary/aromatic N) is 2. The zero-order chi connectivity index (χ0) is 14.6. The molecule has 4 heteroatoms. The minimum absolute atomic E-state index is 0.415. The molecule has 1 heterocycles. The van der Waals surface area contributed by atoms with Gasteiger partial charge in [-0.3, -0.25) is 4.68 Å². The number of halogens is 1. The van der Waals surface area contributed by atoms with Gasteiger partial charge in [0.1, 0.15) is 0 Å². The van der Waals surface area contributed by atoms with Crippen LogP contribution >= 0.6 is 11.6 Å². The lowest BCUT2D eigenvalue weighted by atomic mass is 9.95. The van der Waals surface area contributed by atoms with E-state index in [9.17, 15) is 0 Å².